The fraction of sp³-hybridized carbons (Fsp3) is 0.240. The second kappa shape index (κ2) is 9.70. The van der Waals surface area contributed by atoms with Crippen molar-refractivity contribution in [1.82, 2.24) is 9.88 Å². The Bertz CT molecular complexity index is 1070. The number of nitrogens with one attached hydrogen (secondary N) is 1. The number of amides is 2. The molecule has 1 aromatic heterocycles. The van der Waals surface area contributed by atoms with Crippen LogP contribution in [0.2, 0.25) is 0 Å². The molecule has 2 atom stereocenters. The number of benzene rings is 2. The van der Waals surface area contributed by atoms with Gasteiger partial charge in [0.2, 0.25) is 5.91 Å². The van der Waals surface area contributed by atoms with E-state index in [-0.39, 0.29) is 36.1 Å². The molecule has 3 N–H and O–H groups in total. The molecule has 7 heteroatoms. The van der Waals surface area contributed by atoms with Gasteiger partial charge < -0.3 is 16.0 Å². The molecule has 2 amide bonds. The first-order chi connectivity index (χ1) is 15.5. The van der Waals surface area contributed by atoms with Crippen LogP contribution in [-0.4, -0.2) is 34.3 Å². The molecular formula is C25H25FN4O2. The summed E-state index contributed by atoms with van der Waals surface area (Å²) in [6, 6.07) is 16.1. The minimum atomic E-state index is -0.355. The molecule has 0 aliphatic carbocycles. The van der Waals surface area contributed by atoms with Gasteiger partial charge in [0.1, 0.15) is 5.82 Å². The maximum absolute atomic E-state index is 13.1. The van der Waals surface area contributed by atoms with E-state index >= 15 is 0 Å². The van der Waals surface area contributed by atoms with Gasteiger partial charge in [-0.25, -0.2) is 4.39 Å². The molecule has 0 spiro atoms. The molecule has 2 aromatic carbocycles. The fourth-order valence-electron chi connectivity index (χ4n) is 4.07. The number of aromatic nitrogens is 1. The summed E-state index contributed by atoms with van der Waals surface area (Å²) in [7, 11) is 0. The van der Waals surface area contributed by atoms with Crippen LogP contribution in [-0.2, 0) is 11.2 Å². The van der Waals surface area contributed by atoms with E-state index in [2.05, 4.69) is 10.3 Å². The number of pyridine rings is 1. The maximum atomic E-state index is 13.1. The SMILES string of the molecule is NC(c1ccc(C(=O)Nc2ccncc2)cc1)C1CCCN1C(=O)Cc1ccc(F)cc1. The number of hydrogen-bond donors (Lipinski definition) is 2. The second-order valence-electron chi connectivity index (χ2n) is 7.94. The van der Waals surface area contributed by atoms with Crippen LogP contribution in [0.4, 0.5) is 10.1 Å². The molecule has 0 saturated carbocycles. The zero-order chi connectivity index (χ0) is 22.5. The van der Waals surface area contributed by atoms with Gasteiger partial charge >= 0.3 is 0 Å². The molecule has 4 rings (SSSR count). The Labute approximate surface area is 186 Å². The molecule has 6 nitrogen and oxygen atoms in total. The Hall–Kier alpha value is -3.58. The summed E-state index contributed by atoms with van der Waals surface area (Å²) in [5, 5.41) is 2.82. The Balaban J connectivity index is 1.41. The first kappa shape index (κ1) is 21.6. The molecule has 32 heavy (non-hydrogen) atoms. The molecule has 2 heterocycles. The lowest BCUT2D eigenvalue weighted by Gasteiger charge is -2.30. The number of rotatable bonds is 6. The van der Waals surface area contributed by atoms with Crippen molar-refractivity contribution in [3.05, 3.63) is 95.6 Å². The van der Waals surface area contributed by atoms with Gasteiger partial charge in [0.05, 0.1) is 18.5 Å². The summed E-state index contributed by atoms with van der Waals surface area (Å²) in [4.78, 5) is 31.1. The third-order valence-electron chi connectivity index (χ3n) is 5.80. The molecular weight excluding hydrogens is 407 g/mol. The highest BCUT2D eigenvalue weighted by molar-refractivity contribution is 6.04. The van der Waals surface area contributed by atoms with Crippen molar-refractivity contribution < 1.29 is 14.0 Å². The van der Waals surface area contributed by atoms with Crippen molar-refractivity contribution in [2.75, 3.05) is 11.9 Å². The first-order valence-electron chi connectivity index (χ1n) is 10.6. The molecule has 2 unspecified atom stereocenters. The van der Waals surface area contributed by atoms with Crippen molar-refractivity contribution >= 4 is 17.5 Å². The van der Waals surface area contributed by atoms with Crippen LogP contribution < -0.4 is 11.1 Å². The van der Waals surface area contributed by atoms with Crippen LogP contribution in [0.15, 0.2) is 73.1 Å². The molecule has 1 saturated heterocycles. The van der Waals surface area contributed by atoms with Gasteiger partial charge in [-0.05, 0) is 60.4 Å². The Morgan fingerprint density at radius 3 is 2.44 bits per heavy atom. The normalized spacial score (nSPS) is 16.6. The number of carbonyl (C=O) groups is 2. The molecule has 0 radical (unpaired) electrons. The summed E-state index contributed by atoms with van der Waals surface area (Å²) in [5.74, 6) is -0.545. The molecule has 164 valence electrons. The molecule has 3 aromatic rings. The van der Waals surface area contributed by atoms with E-state index < -0.39 is 0 Å². The van der Waals surface area contributed by atoms with E-state index in [1.165, 1.54) is 12.1 Å². The Morgan fingerprint density at radius 1 is 1.06 bits per heavy atom. The lowest BCUT2D eigenvalue weighted by molar-refractivity contribution is -0.131. The molecule has 1 fully saturated rings. The van der Waals surface area contributed by atoms with Gasteiger partial charge in [0.25, 0.3) is 5.91 Å². The second-order valence-corrected chi connectivity index (χ2v) is 7.94. The number of hydrogen-bond acceptors (Lipinski definition) is 4. The third kappa shape index (κ3) is 5.00. The minimum absolute atomic E-state index is 0.0112. The zero-order valence-corrected chi connectivity index (χ0v) is 17.6. The maximum Gasteiger partial charge on any atom is 0.255 e. The number of halogens is 1. The highest BCUT2D eigenvalue weighted by Crippen LogP contribution is 2.29. The monoisotopic (exact) mass is 432 g/mol. The van der Waals surface area contributed by atoms with Gasteiger partial charge in [-0.15, -0.1) is 0 Å². The summed E-state index contributed by atoms with van der Waals surface area (Å²) in [6.45, 7) is 0.658. The van der Waals surface area contributed by atoms with Gasteiger partial charge in [-0.1, -0.05) is 24.3 Å². The van der Waals surface area contributed by atoms with E-state index in [9.17, 15) is 14.0 Å². The van der Waals surface area contributed by atoms with Crippen molar-refractivity contribution in [2.45, 2.75) is 31.3 Å². The van der Waals surface area contributed by atoms with E-state index in [0.717, 1.165) is 24.0 Å². The van der Waals surface area contributed by atoms with Crippen LogP contribution in [0, 0.1) is 5.82 Å². The number of likely N-dealkylation sites (tertiary alicyclic amines) is 1. The average molecular weight is 432 g/mol. The topological polar surface area (TPSA) is 88.3 Å². The number of anilines is 1. The zero-order valence-electron chi connectivity index (χ0n) is 17.6. The molecule has 1 aliphatic heterocycles. The van der Waals surface area contributed by atoms with Crippen LogP contribution >= 0.6 is 0 Å². The number of nitrogens with two attached hydrogens (primary N) is 1. The molecule has 1 aliphatic rings. The van der Waals surface area contributed by atoms with E-state index in [1.807, 2.05) is 17.0 Å². The smallest absolute Gasteiger partial charge is 0.255 e. The number of carbonyl (C=O) groups excluding carboxylic acids is 2. The quantitative estimate of drug-likeness (QED) is 0.622. The lowest BCUT2D eigenvalue weighted by Crippen LogP contribution is -2.42. The van der Waals surface area contributed by atoms with Crippen LogP contribution in [0.1, 0.15) is 40.4 Å². The van der Waals surface area contributed by atoms with Crippen molar-refractivity contribution in [3.63, 3.8) is 0 Å². The van der Waals surface area contributed by atoms with Gasteiger partial charge in [-0.2, -0.15) is 0 Å². The Kier molecular flexibility index (Phi) is 6.56. The predicted octanol–water partition coefficient (Wildman–Crippen LogP) is 3.71. The summed E-state index contributed by atoms with van der Waals surface area (Å²) >= 11 is 0. The van der Waals surface area contributed by atoms with Gasteiger partial charge in [-0.3, -0.25) is 14.6 Å². The van der Waals surface area contributed by atoms with Crippen molar-refractivity contribution in [1.29, 1.82) is 0 Å². The van der Waals surface area contributed by atoms with Crippen molar-refractivity contribution in [3.8, 4) is 0 Å². The van der Waals surface area contributed by atoms with Gasteiger partial charge in [0.15, 0.2) is 0 Å². The van der Waals surface area contributed by atoms with Crippen LogP contribution in [0.3, 0.4) is 0 Å². The fourth-order valence-corrected chi connectivity index (χ4v) is 4.07. The van der Waals surface area contributed by atoms with Crippen LogP contribution in [0.25, 0.3) is 0 Å². The minimum Gasteiger partial charge on any atom is -0.338 e. The molecule has 0 bridgehead atoms. The highest BCUT2D eigenvalue weighted by Gasteiger charge is 2.33. The summed E-state index contributed by atoms with van der Waals surface area (Å²) in [5.41, 5.74) is 9.39. The third-order valence-corrected chi connectivity index (χ3v) is 5.80. The van der Waals surface area contributed by atoms with Crippen molar-refractivity contribution in [2.24, 2.45) is 5.73 Å². The average Bonchev–Trinajstić information content (AvgIpc) is 3.31. The lowest BCUT2D eigenvalue weighted by atomic mass is 9.96. The summed E-state index contributed by atoms with van der Waals surface area (Å²) < 4.78 is 13.1. The Morgan fingerprint density at radius 2 is 1.75 bits per heavy atom. The largest absolute Gasteiger partial charge is 0.338 e. The van der Waals surface area contributed by atoms with Crippen LogP contribution in [0.5, 0.6) is 0 Å². The predicted molar refractivity (Wildman–Crippen MR) is 120 cm³/mol. The van der Waals surface area contributed by atoms with E-state index in [0.29, 0.717) is 17.8 Å². The van der Waals surface area contributed by atoms with Gasteiger partial charge in [0, 0.05) is 30.2 Å². The summed E-state index contributed by atoms with van der Waals surface area (Å²) in [6.07, 6.45) is 5.16. The highest BCUT2D eigenvalue weighted by atomic mass is 19.1. The van der Waals surface area contributed by atoms with E-state index in [1.54, 1.807) is 48.8 Å². The first-order valence-corrected chi connectivity index (χ1v) is 10.6. The van der Waals surface area contributed by atoms with E-state index in [4.69, 9.17) is 5.73 Å². The number of nitrogens with zero attached hydrogens (tertiary/aromatic N) is 2. The standard InChI is InChI=1S/C25H25FN4O2/c26-20-9-3-17(4-10-20)16-23(31)30-15-1-2-22(30)24(27)18-5-7-19(8-6-18)25(32)29-21-11-13-28-14-12-21/h3-14,22,24H,1-2,15-16,27H2,(H,28,29,32).